The predicted octanol–water partition coefficient (Wildman–Crippen LogP) is 1.90. The summed E-state index contributed by atoms with van der Waals surface area (Å²) in [5.41, 5.74) is 8.46. The molecule has 1 heterocycles. The zero-order valence-electron chi connectivity index (χ0n) is 15.2. The molecule has 1 amide bonds. The first-order chi connectivity index (χ1) is 11.4. The van der Waals surface area contributed by atoms with Gasteiger partial charge in [-0.2, -0.15) is 0 Å². The van der Waals surface area contributed by atoms with Gasteiger partial charge in [-0.1, -0.05) is 38.1 Å². The van der Waals surface area contributed by atoms with Gasteiger partial charge in [-0.25, -0.2) is 0 Å². The van der Waals surface area contributed by atoms with Gasteiger partial charge in [0.15, 0.2) is 0 Å². The van der Waals surface area contributed by atoms with Crippen LogP contribution in [0.3, 0.4) is 0 Å². The second-order valence-electron chi connectivity index (χ2n) is 7.32. The molecule has 5 nitrogen and oxygen atoms in total. The van der Waals surface area contributed by atoms with Crippen LogP contribution in [-0.4, -0.2) is 43.1 Å². The van der Waals surface area contributed by atoms with Crippen LogP contribution in [0.25, 0.3) is 0 Å². The highest BCUT2D eigenvalue weighted by Crippen LogP contribution is 2.27. The van der Waals surface area contributed by atoms with Crippen molar-refractivity contribution in [3.8, 4) is 0 Å². The van der Waals surface area contributed by atoms with E-state index < -0.39 is 0 Å². The molecule has 1 aliphatic heterocycles. The van der Waals surface area contributed by atoms with Crippen LogP contribution in [0, 0.1) is 5.41 Å². The highest BCUT2D eigenvalue weighted by molar-refractivity contribution is 5.78. The summed E-state index contributed by atoms with van der Waals surface area (Å²) in [4.78, 5) is 14.4. The summed E-state index contributed by atoms with van der Waals surface area (Å²) >= 11 is 0. The van der Waals surface area contributed by atoms with E-state index in [1.807, 2.05) is 31.2 Å². The molecular weight excluding hydrogens is 302 g/mol. The number of carbonyl (C=O) groups is 1. The molecule has 1 unspecified atom stereocenters. The first-order valence-electron chi connectivity index (χ1n) is 8.81. The van der Waals surface area contributed by atoms with Crippen LogP contribution >= 0.6 is 0 Å². The highest BCUT2D eigenvalue weighted by Gasteiger charge is 2.33. The normalized spacial score (nSPS) is 20.8. The third-order valence-corrected chi connectivity index (χ3v) is 4.74. The van der Waals surface area contributed by atoms with E-state index in [2.05, 4.69) is 24.1 Å². The number of carbonyl (C=O) groups excluding carboxylic acids is 1. The second-order valence-corrected chi connectivity index (χ2v) is 7.32. The van der Waals surface area contributed by atoms with Gasteiger partial charge in [0.25, 0.3) is 0 Å². The summed E-state index contributed by atoms with van der Waals surface area (Å²) in [6, 6.07) is 8.39. The minimum absolute atomic E-state index is 0.0644. The molecule has 2 rings (SSSR count). The van der Waals surface area contributed by atoms with Gasteiger partial charge in [0, 0.05) is 32.3 Å². The Kier molecular flexibility index (Phi) is 6.78. The summed E-state index contributed by atoms with van der Waals surface area (Å²) in [7, 11) is 0. The number of nitrogens with two attached hydrogens (primary N) is 1. The van der Waals surface area contributed by atoms with Crippen LogP contribution < -0.4 is 11.1 Å². The monoisotopic (exact) mass is 333 g/mol. The largest absolute Gasteiger partial charge is 0.377 e. The molecule has 1 aliphatic rings. The molecule has 3 N–H and O–H groups in total. The molecule has 1 atom stereocenters. The molecule has 1 saturated heterocycles. The minimum atomic E-state index is 0.0644. The van der Waals surface area contributed by atoms with E-state index in [1.54, 1.807) is 0 Å². The van der Waals surface area contributed by atoms with E-state index in [1.165, 1.54) is 0 Å². The van der Waals surface area contributed by atoms with E-state index in [-0.39, 0.29) is 17.4 Å². The summed E-state index contributed by atoms with van der Waals surface area (Å²) in [6.45, 7) is 10.4. The summed E-state index contributed by atoms with van der Waals surface area (Å²) < 4.78 is 5.38. The predicted molar refractivity (Wildman–Crippen MR) is 96.4 cm³/mol. The number of nitrogens with zero attached hydrogens (tertiary/aromatic N) is 1. The molecule has 0 aliphatic carbocycles. The molecule has 134 valence electrons. The lowest BCUT2D eigenvalue weighted by atomic mass is 9.80. The van der Waals surface area contributed by atoms with E-state index in [9.17, 15) is 4.79 Å². The molecule has 0 bridgehead atoms. The topological polar surface area (TPSA) is 67.6 Å². The summed E-state index contributed by atoms with van der Waals surface area (Å²) in [6.07, 6.45) is 0.946. The van der Waals surface area contributed by atoms with Crippen LogP contribution in [0.15, 0.2) is 24.3 Å². The van der Waals surface area contributed by atoms with E-state index >= 15 is 0 Å². The zero-order chi connectivity index (χ0) is 17.6. The summed E-state index contributed by atoms with van der Waals surface area (Å²) in [5, 5.41) is 3.00. The Morgan fingerprint density at radius 2 is 2.00 bits per heavy atom. The zero-order valence-corrected chi connectivity index (χ0v) is 15.2. The maximum atomic E-state index is 12.2. The van der Waals surface area contributed by atoms with E-state index in [4.69, 9.17) is 10.5 Å². The number of hydrogen-bond donors (Lipinski definition) is 2. The molecular formula is C19H31N3O2. The number of amides is 1. The SMILES string of the molecule is CCOCc1ccc(CNC(=O)CN2CCC(N)C(C)(C)C2)cc1. The number of rotatable bonds is 7. The maximum absolute atomic E-state index is 12.2. The number of likely N-dealkylation sites (tertiary alicyclic amines) is 1. The maximum Gasteiger partial charge on any atom is 0.234 e. The van der Waals surface area contributed by atoms with Crippen molar-refractivity contribution in [3.05, 3.63) is 35.4 Å². The summed E-state index contributed by atoms with van der Waals surface area (Å²) in [5.74, 6) is 0.0691. The fourth-order valence-corrected chi connectivity index (χ4v) is 3.05. The van der Waals surface area contributed by atoms with Crippen molar-refractivity contribution in [2.24, 2.45) is 11.1 Å². The van der Waals surface area contributed by atoms with Gasteiger partial charge in [0.1, 0.15) is 0 Å². The second kappa shape index (κ2) is 8.60. The molecule has 24 heavy (non-hydrogen) atoms. The average Bonchev–Trinajstić information content (AvgIpc) is 2.55. The number of benzene rings is 1. The number of ether oxygens (including phenoxy) is 1. The van der Waals surface area contributed by atoms with Crippen molar-refractivity contribution >= 4 is 5.91 Å². The number of piperidine rings is 1. The van der Waals surface area contributed by atoms with Gasteiger partial charge in [-0.15, -0.1) is 0 Å². The lowest BCUT2D eigenvalue weighted by Gasteiger charge is -2.42. The third kappa shape index (κ3) is 5.58. The van der Waals surface area contributed by atoms with Crippen LogP contribution in [0.5, 0.6) is 0 Å². The number of nitrogens with one attached hydrogen (secondary N) is 1. The Bertz CT molecular complexity index is 528. The average molecular weight is 333 g/mol. The highest BCUT2D eigenvalue weighted by atomic mass is 16.5. The Hall–Kier alpha value is -1.43. The van der Waals surface area contributed by atoms with E-state index in [0.29, 0.717) is 19.7 Å². The Labute approximate surface area is 145 Å². The Balaban J connectivity index is 1.75. The van der Waals surface area contributed by atoms with Gasteiger partial charge in [-0.3, -0.25) is 9.69 Å². The Morgan fingerprint density at radius 3 is 2.62 bits per heavy atom. The molecule has 1 fully saturated rings. The molecule has 0 radical (unpaired) electrons. The van der Waals surface area contributed by atoms with Crippen molar-refractivity contribution in [1.29, 1.82) is 0 Å². The first-order valence-corrected chi connectivity index (χ1v) is 8.81. The van der Waals surface area contributed by atoms with Gasteiger partial charge in [0.2, 0.25) is 5.91 Å². The van der Waals surface area contributed by atoms with Crippen LogP contribution in [0.1, 0.15) is 38.3 Å². The molecule has 1 aromatic rings. The first kappa shape index (κ1) is 18.9. The van der Waals surface area contributed by atoms with Crippen molar-refractivity contribution in [1.82, 2.24) is 10.2 Å². The smallest absolute Gasteiger partial charge is 0.234 e. The fraction of sp³-hybridized carbons (Fsp3) is 0.632. The van der Waals surface area contributed by atoms with Crippen molar-refractivity contribution < 1.29 is 9.53 Å². The minimum Gasteiger partial charge on any atom is -0.377 e. The lowest BCUT2D eigenvalue weighted by Crippen LogP contribution is -2.54. The van der Waals surface area contributed by atoms with E-state index in [0.717, 1.165) is 37.2 Å². The molecule has 1 aromatic carbocycles. The van der Waals surface area contributed by atoms with Gasteiger partial charge in [-0.05, 0) is 29.9 Å². The van der Waals surface area contributed by atoms with Crippen LogP contribution in [0.4, 0.5) is 0 Å². The quantitative estimate of drug-likeness (QED) is 0.800. The third-order valence-electron chi connectivity index (χ3n) is 4.74. The Morgan fingerprint density at radius 1 is 1.33 bits per heavy atom. The van der Waals surface area contributed by atoms with Crippen LogP contribution in [-0.2, 0) is 22.7 Å². The van der Waals surface area contributed by atoms with Crippen LogP contribution in [0.2, 0.25) is 0 Å². The molecule has 0 aromatic heterocycles. The fourth-order valence-electron chi connectivity index (χ4n) is 3.05. The van der Waals surface area contributed by atoms with Gasteiger partial charge < -0.3 is 15.8 Å². The van der Waals surface area contributed by atoms with Crippen molar-refractivity contribution in [3.63, 3.8) is 0 Å². The van der Waals surface area contributed by atoms with Gasteiger partial charge in [0.05, 0.1) is 13.2 Å². The van der Waals surface area contributed by atoms with Gasteiger partial charge >= 0.3 is 0 Å². The molecule has 0 spiro atoms. The molecule has 0 saturated carbocycles. The van der Waals surface area contributed by atoms with Crippen molar-refractivity contribution in [2.75, 3.05) is 26.2 Å². The standard InChI is InChI=1S/C19H31N3O2/c1-4-24-13-16-7-5-15(6-8-16)11-21-18(23)12-22-10-9-17(20)19(2,3)14-22/h5-8,17H,4,9-14,20H2,1-3H3,(H,21,23). The van der Waals surface area contributed by atoms with Crippen molar-refractivity contribution in [2.45, 2.75) is 46.4 Å². The number of hydrogen-bond acceptors (Lipinski definition) is 4. The lowest BCUT2D eigenvalue weighted by molar-refractivity contribution is -0.123. The molecule has 5 heteroatoms.